The summed E-state index contributed by atoms with van der Waals surface area (Å²) in [5, 5.41) is 4.20. The number of carbonyl (C=O) groups excluding carboxylic acids is 1. The van der Waals surface area contributed by atoms with Crippen LogP contribution in [-0.2, 0) is 11.3 Å². The maximum absolute atomic E-state index is 12.2. The molecule has 2 heterocycles. The first-order chi connectivity index (χ1) is 8.94. The van der Waals surface area contributed by atoms with Crippen LogP contribution in [0.2, 0.25) is 0 Å². The van der Waals surface area contributed by atoms with Gasteiger partial charge in [0.2, 0.25) is 5.91 Å². The van der Waals surface area contributed by atoms with Crippen LogP contribution < -0.4 is 5.73 Å². The molecule has 19 heavy (non-hydrogen) atoms. The summed E-state index contributed by atoms with van der Waals surface area (Å²) in [5.41, 5.74) is 7.03. The molecule has 2 rings (SSSR count). The molecule has 0 unspecified atom stereocenters. The normalized spacial score (nSPS) is 26.9. The third-order valence-electron chi connectivity index (χ3n) is 4.37. The summed E-state index contributed by atoms with van der Waals surface area (Å²) < 4.78 is 1.83. The largest absolute Gasteiger partial charge is 0.342 e. The first-order valence-corrected chi connectivity index (χ1v) is 6.91. The highest BCUT2D eigenvalue weighted by Gasteiger charge is 2.40. The van der Waals surface area contributed by atoms with Crippen LogP contribution in [0.25, 0.3) is 0 Å². The van der Waals surface area contributed by atoms with Crippen molar-refractivity contribution in [1.82, 2.24) is 14.7 Å². The lowest BCUT2D eigenvalue weighted by Gasteiger charge is -2.25. The number of aromatic nitrogens is 2. The highest BCUT2D eigenvalue weighted by Crippen LogP contribution is 2.34. The maximum Gasteiger partial charge on any atom is 0.224 e. The van der Waals surface area contributed by atoms with Gasteiger partial charge in [-0.2, -0.15) is 5.10 Å². The van der Waals surface area contributed by atoms with E-state index in [1.807, 2.05) is 28.9 Å². The number of rotatable bonds is 4. The Morgan fingerprint density at radius 2 is 2.37 bits per heavy atom. The van der Waals surface area contributed by atoms with Gasteiger partial charge in [0.1, 0.15) is 0 Å². The second-order valence-corrected chi connectivity index (χ2v) is 6.06. The van der Waals surface area contributed by atoms with Crippen molar-refractivity contribution < 1.29 is 4.79 Å². The number of hydrogen-bond donors (Lipinski definition) is 1. The minimum absolute atomic E-state index is 0.0674. The Hall–Kier alpha value is -1.36. The summed E-state index contributed by atoms with van der Waals surface area (Å²) in [5.74, 6) is 0.672. The fourth-order valence-corrected chi connectivity index (χ4v) is 2.62. The molecule has 1 saturated heterocycles. The summed E-state index contributed by atoms with van der Waals surface area (Å²) in [6.07, 6.45) is 4.28. The Morgan fingerprint density at radius 3 is 2.89 bits per heavy atom. The first kappa shape index (κ1) is 14.1. The Balaban J connectivity index is 1.88. The molecule has 1 aliphatic heterocycles. The minimum atomic E-state index is 0.0674. The highest BCUT2D eigenvalue weighted by atomic mass is 16.2. The Morgan fingerprint density at radius 1 is 1.63 bits per heavy atom. The summed E-state index contributed by atoms with van der Waals surface area (Å²) >= 11 is 0. The van der Waals surface area contributed by atoms with Crippen LogP contribution in [0.15, 0.2) is 12.4 Å². The molecule has 0 aliphatic carbocycles. The van der Waals surface area contributed by atoms with E-state index in [1.165, 1.54) is 0 Å². The summed E-state index contributed by atoms with van der Waals surface area (Å²) in [4.78, 5) is 14.2. The molecule has 1 aromatic rings. The van der Waals surface area contributed by atoms with E-state index in [2.05, 4.69) is 18.9 Å². The van der Waals surface area contributed by atoms with Gasteiger partial charge in [-0.3, -0.25) is 9.48 Å². The van der Waals surface area contributed by atoms with E-state index in [-0.39, 0.29) is 11.3 Å². The van der Waals surface area contributed by atoms with Gasteiger partial charge in [-0.15, -0.1) is 0 Å². The second-order valence-electron chi connectivity index (χ2n) is 6.06. The van der Waals surface area contributed by atoms with Gasteiger partial charge in [-0.25, -0.2) is 0 Å². The summed E-state index contributed by atoms with van der Waals surface area (Å²) in [6, 6.07) is 0. The van der Waals surface area contributed by atoms with Crippen LogP contribution in [0.4, 0.5) is 0 Å². The van der Waals surface area contributed by atoms with Crippen LogP contribution in [0.1, 0.15) is 25.8 Å². The van der Waals surface area contributed by atoms with Crippen molar-refractivity contribution in [2.75, 3.05) is 19.6 Å². The van der Waals surface area contributed by atoms with Crippen molar-refractivity contribution in [3.8, 4) is 0 Å². The van der Waals surface area contributed by atoms with Gasteiger partial charge in [0.25, 0.3) is 0 Å². The Labute approximate surface area is 114 Å². The van der Waals surface area contributed by atoms with Crippen molar-refractivity contribution in [1.29, 1.82) is 0 Å². The average molecular weight is 264 g/mol. The summed E-state index contributed by atoms with van der Waals surface area (Å²) in [6.45, 7) is 9.23. The van der Waals surface area contributed by atoms with Crippen molar-refractivity contribution in [2.24, 2.45) is 17.1 Å². The number of nitrogens with zero attached hydrogens (tertiary/aromatic N) is 3. The number of amides is 1. The molecule has 5 heteroatoms. The van der Waals surface area contributed by atoms with Gasteiger partial charge in [-0.05, 0) is 24.9 Å². The standard InChI is InChI=1S/C14H24N4O/c1-11-6-16-18(7-11)5-4-13(19)17-8-12(2)14(3,9-15)10-17/h6-7,12H,4-5,8-10,15H2,1-3H3/t12-,14-/m1/s1. The minimum Gasteiger partial charge on any atom is -0.342 e. The molecular weight excluding hydrogens is 240 g/mol. The molecule has 1 fully saturated rings. The van der Waals surface area contributed by atoms with Crippen LogP contribution in [-0.4, -0.2) is 40.2 Å². The molecule has 106 valence electrons. The topological polar surface area (TPSA) is 64.2 Å². The third kappa shape index (κ3) is 2.97. The summed E-state index contributed by atoms with van der Waals surface area (Å²) in [7, 11) is 0. The molecular formula is C14H24N4O. The number of carbonyl (C=O) groups is 1. The number of nitrogens with two attached hydrogens (primary N) is 1. The predicted octanol–water partition coefficient (Wildman–Crippen LogP) is 1.02. The van der Waals surface area contributed by atoms with E-state index in [4.69, 9.17) is 5.73 Å². The van der Waals surface area contributed by atoms with Gasteiger partial charge in [0.15, 0.2) is 0 Å². The molecule has 0 saturated carbocycles. The fourth-order valence-electron chi connectivity index (χ4n) is 2.62. The lowest BCUT2D eigenvalue weighted by molar-refractivity contribution is -0.130. The van der Waals surface area contributed by atoms with E-state index < -0.39 is 0 Å². The maximum atomic E-state index is 12.2. The van der Waals surface area contributed by atoms with Crippen LogP contribution >= 0.6 is 0 Å². The van der Waals surface area contributed by atoms with E-state index >= 15 is 0 Å². The zero-order valence-corrected chi connectivity index (χ0v) is 12.1. The monoisotopic (exact) mass is 264 g/mol. The number of aryl methyl sites for hydroxylation is 2. The number of hydrogen-bond acceptors (Lipinski definition) is 3. The lowest BCUT2D eigenvalue weighted by Crippen LogP contribution is -2.36. The zero-order valence-electron chi connectivity index (χ0n) is 12.1. The van der Waals surface area contributed by atoms with Crippen molar-refractivity contribution >= 4 is 5.91 Å². The molecule has 0 radical (unpaired) electrons. The Kier molecular flexibility index (Phi) is 3.94. The van der Waals surface area contributed by atoms with Crippen molar-refractivity contribution in [3.63, 3.8) is 0 Å². The molecule has 1 aromatic heterocycles. The molecule has 1 aliphatic rings. The van der Waals surface area contributed by atoms with Gasteiger partial charge < -0.3 is 10.6 Å². The smallest absolute Gasteiger partial charge is 0.224 e. The molecule has 2 atom stereocenters. The SMILES string of the molecule is Cc1cnn(CCC(=O)N2C[C@@H](C)[C@](C)(CN)C2)c1. The first-order valence-electron chi connectivity index (χ1n) is 6.91. The Bertz CT molecular complexity index is 456. The van der Waals surface area contributed by atoms with Crippen LogP contribution in [0, 0.1) is 18.3 Å². The van der Waals surface area contributed by atoms with Crippen molar-refractivity contribution in [3.05, 3.63) is 18.0 Å². The number of likely N-dealkylation sites (tertiary alicyclic amines) is 1. The fraction of sp³-hybridized carbons (Fsp3) is 0.714. The molecule has 0 spiro atoms. The van der Waals surface area contributed by atoms with E-state index in [0.717, 1.165) is 18.7 Å². The zero-order chi connectivity index (χ0) is 14.0. The van der Waals surface area contributed by atoms with Gasteiger partial charge >= 0.3 is 0 Å². The van der Waals surface area contributed by atoms with E-state index in [9.17, 15) is 4.79 Å². The van der Waals surface area contributed by atoms with Gasteiger partial charge in [-0.1, -0.05) is 13.8 Å². The van der Waals surface area contributed by atoms with E-state index in [0.29, 0.717) is 25.4 Å². The molecule has 0 bridgehead atoms. The quantitative estimate of drug-likeness (QED) is 0.883. The molecule has 0 aromatic carbocycles. The molecule has 1 amide bonds. The lowest BCUT2D eigenvalue weighted by atomic mass is 9.81. The highest BCUT2D eigenvalue weighted by molar-refractivity contribution is 5.76. The van der Waals surface area contributed by atoms with Gasteiger partial charge in [0.05, 0.1) is 6.20 Å². The van der Waals surface area contributed by atoms with Crippen molar-refractivity contribution in [2.45, 2.75) is 33.7 Å². The third-order valence-corrected chi connectivity index (χ3v) is 4.37. The van der Waals surface area contributed by atoms with E-state index in [1.54, 1.807) is 0 Å². The molecule has 5 nitrogen and oxygen atoms in total. The predicted molar refractivity (Wildman–Crippen MR) is 74.5 cm³/mol. The van der Waals surface area contributed by atoms with Crippen LogP contribution in [0.3, 0.4) is 0 Å². The second kappa shape index (κ2) is 5.33. The van der Waals surface area contributed by atoms with Crippen LogP contribution in [0.5, 0.6) is 0 Å². The van der Waals surface area contributed by atoms with Gasteiger partial charge in [0, 0.05) is 37.7 Å². The average Bonchev–Trinajstić information content (AvgIpc) is 2.92. The molecule has 2 N–H and O–H groups in total.